The Balaban J connectivity index is 1.23. The SMILES string of the molecule is CC(=O)Oc1ccc(Cc2ncn(C[C@](O)(c3ccc(F)cc3F)[C@@H](C)N3CCN(c4ccc(-n5cnnn5)cc4)C3=O)n2)cc1. The molecule has 1 fully saturated rings. The zero-order chi connectivity index (χ0) is 32.4. The van der Waals surface area contributed by atoms with Crippen LogP contribution >= 0.6 is 0 Å². The first kappa shape index (κ1) is 30.5. The Morgan fingerprint density at radius 1 is 1.02 bits per heavy atom. The van der Waals surface area contributed by atoms with Gasteiger partial charge in [-0.05, 0) is 65.4 Å². The number of aromatic nitrogens is 7. The van der Waals surface area contributed by atoms with Crippen molar-refractivity contribution in [3.63, 3.8) is 0 Å². The van der Waals surface area contributed by atoms with Crippen LogP contribution in [0, 0.1) is 11.6 Å². The maximum Gasteiger partial charge on any atom is 0.324 e. The smallest absolute Gasteiger partial charge is 0.324 e. The summed E-state index contributed by atoms with van der Waals surface area (Å²) >= 11 is 0. The third kappa shape index (κ3) is 6.17. The number of anilines is 1. The van der Waals surface area contributed by atoms with Crippen LogP contribution in [0.25, 0.3) is 5.69 Å². The van der Waals surface area contributed by atoms with E-state index in [1.54, 1.807) is 60.4 Å². The fourth-order valence-corrected chi connectivity index (χ4v) is 5.52. The minimum Gasteiger partial charge on any atom is -0.427 e. The molecule has 3 aromatic carbocycles. The summed E-state index contributed by atoms with van der Waals surface area (Å²) < 4.78 is 37.1. The molecule has 2 amide bonds. The van der Waals surface area contributed by atoms with Crippen LogP contribution in [-0.2, 0) is 23.4 Å². The Morgan fingerprint density at radius 3 is 2.43 bits per heavy atom. The monoisotopic (exact) mass is 629 g/mol. The summed E-state index contributed by atoms with van der Waals surface area (Å²) in [5.41, 5.74) is -0.0377. The van der Waals surface area contributed by atoms with Crippen molar-refractivity contribution in [2.24, 2.45) is 0 Å². The molecule has 46 heavy (non-hydrogen) atoms. The van der Waals surface area contributed by atoms with Crippen molar-refractivity contribution in [2.45, 2.75) is 38.5 Å². The van der Waals surface area contributed by atoms with Crippen LogP contribution in [0.4, 0.5) is 19.3 Å². The van der Waals surface area contributed by atoms with Crippen LogP contribution in [0.2, 0.25) is 0 Å². The summed E-state index contributed by atoms with van der Waals surface area (Å²) in [5.74, 6) is -1.35. The minimum atomic E-state index is -2.02. The Bertz CT molecular complexity index is 1850. The molecule has 15 heteroatoms. The minimum absolute atomic E-state index is 0.184. The number of hydrogen-bond acceptors (Lipinski definition) is 9. The number of rotatable bonds is 10. The van der Waals surface area contributed by atoms with E-state index in [2.05, 4.69) is 25.6 Å². The van der Waals surface area contributed by atoms with E-state index >= 15 is 4.39 Å². The van der Waals surface area contributed by atoms with Gasteiger partial charge in [0, 0.05) is 43.8 Å². The Hall–Kier alpha value is -5.57. The number of urea groups is 1. The van der Waals surface area contributed by atoms with Gasteiger partial charge in [-0.1, -0.05) is 18.2 Å². The topological polar surface area (TPSA) is 144 Å². The molecule has 0 bridgehead atoms. The number of carbonyl (C=O) groups is 2. The van der Waals surface area contributed by atoms with E-state index in [0.29, 0.717) is 42.0 Å². The summed E-state index contributed by atoms with van der Waals surface area (Å²) in [4.78, 5) is 32.3. The van der Waals surface area contributed by atoms with Crippen LogP contribution in [0.15, 0.2) is 79.4 Å². The molecule has 1 aliphatic heterocycles. The molecule has 0 aliphatic carbocycles. The molecule has 0 radical (unpaired) electrons. The van der Waals surface area contributed by atoms with Gasteiger partial charge in [-0.2, -0.15) is 5.10 Å². The Kier molecular flexibility index (Phi) is 8.23. The predicted molar refractivity (Wildman–Crippen MR) is 159 cm³/mol. The number of tetrazole rings is 1. The first-order chi connectivity index (χ1) is 22.1. The highest BCUT2D eigenvalue weighted by Crippen LogP contribution is 2.35. The van der Waals surface area contributed by atoms with Crippen molar-refractivity contribution in [2.75, 3.05) is 18.0 Å². The summed E-state index contributed by atoms with van der Waals surface area (Å²) in [6.45, 7) is 3.22. The molecule has 3 heterocycles. The number of nitrogens with zero attached hydrogens (tertiary/aromatic N) is 9. The lowest BCUT2D eigenvalue weighted by Gasteiger charge is -2.39. The van der Waals surface area contributed by atoms with Crippen LogP contribution < -0.4 is 9.64 Å². The second kappa shape index (κ2) is 12.4. The third-order valence-corrected chi connectivity index (χ3v) is 7.91. The summed E-state index contributed by atoms with van der Waals surface area (Å²) in [6.07, 6.45) is 3.20. The number of amides is 2. The fourth-order valence-electron chi connectivity index (χ4n) is 5.52. The number of ether oxygens (including phenoxy) is 1. The zero-order valence-corrected chi connectivity index (χ0v) is 24.9. The molecule has 0 spiro atoms. The maximum absolute atomic E-state index is 15.3. The Labute approximate surface area is 261 Å². The Morgan fingerprint density at radius 2 is 1.76 bits per heavy atom. The second-order valence-corrected chi connectivity index (χ2v) is 10.9. The van der Waals surface area contributed by atoms with Crippen LogP contribution in [0.1, 0.15) is 30.8 Å². The number of hydrogen-bond donors (Lipinski definition) is 1. The lowest BCUT2D eigenvalue weighted by molar-refractivity contribution is -0.131. The molecular formula is C31H29F2N9O4. The van der Waals surface area contributed by atoms with Crippen molar-refractivity contribution in [3.05, 3.63) is 108 Å². The zero-order valence-electron chi connectivity index (χ0n) is 24.9. The van der Waals surface area contributed by atoms with Gasteiger partial charge in [-0.15, -0.1) is 5.10 Å². The lowest BCUT2D eigenvalue weighted by Crippen LogP contribution is -2.53. The van der Waals surface area contributed by atoms with E-state index in [4.69, 9.17) is 4.74 Å². The number of esters is 1. The van der Waals surface area contributed by atoms with Gasteiger partial charge in [0.2, 0.25) is 0 Å². The van der Waals surface area contributed by atoms with Crippen LogP contribution in [0.3, 0.4) is 0 Å². The molecule has 13 nitrogen and oxygen atoms in total. The van der Waals surface area contributed by atoms with E-state index in [9.17, 15) is 19.1 Å². The highest BCUT2D eigenvalue weighted by Gasteiger charge is 2.46. The van der Waals surface area contributed by atoms with Crippen LogP contribution in [0.5, 0.6) is 5.75 Å². The van der Waals surface area contributed by atoms with Gasteiger partial charge >= 0.3 is 12.0 Å². The highest BCUT2D eigenvalue weighted by atomic mass is 19.1. The largest absolute Gasteiger partial charge is 0.427 e. The van der Waals surface area contributed by atoms with Gasteiger partial charge < -0.3 is 14.7 Å². The van der Waals surface area contributed by atoms with E-state index in [1.165, 1.54) is 39.9 Å². The molecule has 1 saturated heterocycles. The molecular weight excluding hydrogens is 600 g/mol. The quantitative estimate of drug-likeness (QED) is 0.182. The van der Waals surface area contributed by atoms with Crippen molar-refractivity contribution in [1.82, 2.24) is 39.9 Å². The number of aliphatic hydroxyl groups is 1. The van der Waals surface area contributed by atoms with Crippen LogP contribution in [-0.4, -0.2) is 76.1 Å². The van der Waals surface area contributed by atoms with E-state index in [-0.39, 0.29) is 24.7 Å². The first-order valence-corrected chi connectivity index (χ1v) is 14.4. The molecule has 1 aliphatic rings. The number of halogens is 2. The fraction of sp³-hybridized carbons (Fsp3) is 0.258. The van der Waals surface area contributed by atoms with Gasteiger partial charge in [0.25, 0.3) is 0 Å². The lowest BCUT2D eigenvalue weighted by atomic mass is 9.85. The highest BCUT2D eigenvalue weighted by molar-refractivity contribution is 5.94. The average Bonchev–Trinajstić information content (AvgIpc) is 3.80. The molecule has 2 atom stereocenters. The number of benzene rings is 3. The van der Waals surface area contributed by atoms with Crippen molar-refractivity contribution in [1.29, 1.82) is 0 Å². The first-order valence-electron chi connectivity index (χ1n) is 14.4. The van der Waals surface area contributed by atoms with E-state index in [1.807, 2.05) is 0 Å². The summed E-state index contributed by atoms with van der Waals surface area (Å²) in [6, 6.07) is 15.5. The van der Waals surface area contributed by atoms with Gasteiger partial charge in [0.1, 0.15) is 35.6 Å². The summed E-state index contributed by atoms with van der Waals surface area (Å²) in [5, 5.41) is 27.8. The second-order valence-electron chi connectivity index (χ2n) is 10.9. The molecule has 236 valence electrons. The van der Waals surface area contributed by atoms with Crippen molar-refractivity contribution in [3.8, 4) is 11.4 Å². The van der Waals surface area contributed by atoms with Gasteiger partial charge in [0.05, 0.1) is 18.3 Å². The maximum atomic E-state index is 15.3. The molecule has 5 aromatic rings. The van der Waals surface area contributed by atoms with Gasteiger partial charge in [0.15, 0.2) is 5.82 Å². The molecule has 0 saturated carbocycles. The molecule has 1 N–H and O–H groups in total. The molecule has 0 unspecified atom stereocenters. The molecule has 6 rings (SSSR count). The van der Waals surface area contributed by atoms with E-state index in [0.717, 1.165) is 11.6 Å². The molecule has 2 aromatic heterocycles. The number of carbonyl (C=O) groups excluding carboxylic acids is 2. The summed E-state index contributed by atoms with van der Waals surface area (Å²) in [7, 11) is 0. The van der Waals surface area contributed by atoms with Crippen molar-refractivity contribution >= 4 is 17.7 Å². The van der Waals surface area contributed by atoms with Gasteiger partial charge in [-0.25, -0.2) is 27.9 Å². The van der Waals surface area contributed by atoms with E-state index < -0.39 is 29.2 Å². The normalized spacial score (nSPS) is 15.2. The predicted octanol–water partition coefficient (Wildman–Crippen LogP) is 3.27. The average molecular weight is 630 g/mol. The standard InChI is InChI=1S/C31H29F2N9O4/c1-20(40-13-14-41(30(40)44)24-6-8-25(9-7-24)42-19-35-37-38-42)31(45,27-12-5-23(32)16-28(27)33)17-39-18-34-29(36-39)15-22-3-10-26(11-4-22)46-21(2)43/h3-12,16,18-20,45H,13-15,17H2,1-2H3/t20-,31-/m1/s1. The van der Waals surface area contributed by atoms with Crippen molar-refractivity contribution < 1.29 is 28.2 Å². The van der Waals surface area contributed by atoms with Gasteiger partial charge in [-0.3, -0.25) is 9.69 Å². The third-order valence-electron chi connectivity index (χ3n) is 7.91.